The molecular weight excluding hydrogens is 208 g/mol. The fraction of sp³-hybridized carbons (Fsp3) is 0.818. The van der Waals surface area contributed by atoms with Gasteiger partial charge in [0.2, 0.25) is 11.8 Å². The van der Waals surface area contributed by atoms with Crippen LogP contribution >= 0.6 is 0 Å². The number of likely N-dealkylation sites (N-methyl/N-ethyl adjacent to an activating group) is 1. The quantitative estimate of drug-likeness (QED) is 0.657. The van der Waals surface area contributed by atoms with Crippen molar-refractivity contribution in [1.82, 2.24) is 10.2 Å². The molecule has 0 radical (unpaired) electrons. The van der Waals surface area contributed by atoms with E-state index in [0.717, 1.165) is 0 Å². The van der Waals surface area contributed by atoms with Crippen LogP contribution in [0.1, 0.15) is 27.2 Å². The average Bonchev–Trinajstić information content (AvgIpc) is 2.51. The zero-order valence-electron chi connectivity index (χ0n) is 10.2. The van der Waals surface area contributed by atoms with Crippen molar-refractivity contribution in [2.24, 2.45) is 0 Å². The zero-order chi connectivity index (χ0) is 12.1. The largest absolute Gasteiger partial charge is 0.380 e. The van der Waals surface area contributed by atoms with Crippen LogP contribution in [0.2, 0.25) is 0 Å². The summed E-state index contributed by atoms with van der Waals surface area (Å²) in [5.74, 6) is -0.204. The van der Waals surface area contributed by atoms with Gasteiger partial charge < -0.3 is 10.1 Å². The van der Waals surface area contributed by atoms with Crippen LogP contribution in [0.25, 0.3) is 0 Å². The van der Waals surface area contributed by atoms with Crippen molar-refractivity contribution < 1.29 is 14.3 Å². The second-order valence-electron chi connectivity index (χ2n) is 3.96. The summed E-state index contributed by atoms with van der Waals surface area (Å²) in [6.45, 7) is 7.35. The first-order valence-corrected chi connectivity index (χ1v) is 5.78. The molecule has 0 aromatic heterocycles. The van der Waals surface area contributed by atoms with E-state index in [1.54, 1.807) is 0 Å². The van der Waals surface area contributed by atoms with Crippen LogP contribution < -0.4 is 5.32 Å². The van der Waals surface area contributed by atoms with E-state index in [1.807, 2.05) is 20.8 Å². The van der Waals surface area contributed by atoms with E-state index in [0.29, 0.717) is 19.8 Å². The summed E-state index contributed by atoms with van der Waals surface area (Å²) >= 11 is 0. The Morgan fingerprint density at radius 3 is 2.69 bits per heavy atom. The molecule has 0 saturated carbocycles. The molecule has 0 aromatic rings. The summed E-state index contributed by atoms with van der Waals surface area (Å²) < 4.78 is 5.25. The molecule has 1 rings (SSSR count). The second kappa shape index (κ2) is 5.96. The number of hydrogen-bond donors (Lipinski definition) is 1. The number of likely N-dealkylation sites (tertiary alicyclic amines) is 1. The molecule has 1 fully saturated rings. The highest BCUT2D eigenvalue weighted by Gasteiger charge is 2.37. The fourth-order valence-corrected chi connectivity index (χ4v) is 1.83. The lowest BCUT2D eigenvalue weighted by Gasteiger charge is -2.18. The molecule has 5 heteroatoms. The maximum Gasteiger partial charge on any atom is 0.246 e. The van der Waals surface area contributed by atoms with Crippen molar-refractivity contribution in [1.29, 1.82) is 0 Å². The first-order chi connectivity index (χ1) is 7.60. The van der Waals surface area contributed by atoms with E-state index < -0.39 is 0 Å². The highest BCUT2D eigenvalue weighted by Crippen LogP contribution is 2.12. The summed E-state index contributed by atoms with van der Waals surface area (Å²) in [6.07, 6.45) is 0.267. The van der Waals surface area contributed by atoms with E-state index in [4.69, 9.17) is 4.74 Å². The molecule has 1 aliphatic heterocycles. The van der Waals surface area contributed by atoms with E-state index >= 15 is 0 Å². The molecular formula is C11H20N2O3. The monoisotopic (exact) mass is 228 g/mol. The number of rotatable bonds is 6. The van der Waals surface area contributed by atoms with E-state index in [2.05, 4.69) is 5.32 Å². The molecule has 0 aromatic carbocycles. The third kappa shape index (κ3) is 3.02. The Bertz CT molecular complexity index is 268. The number of nitrogens with one attached hydrogen (secondary N) is 1. The number of imide groups is 1. The third-order valence-corrected chi connectivity index (χ3v) is 2.62. The zero-order valence-corrected chi connectivity index (χ0v) is 10.2. The van der Waals surface area contributed by atoms with Gasteiger partial charge in [-0.2, -0.15) is 0 Å². The van der Waals surface area contributed by atoms with Gasteiger partial charge in [-0.05, 0) is 20.8 Å². The number of carbonyl (C=O) groups excluding carboxylic acids is 2. The van der Waals surface area contributed by atoms with Crippen LogP contribution in [0.5, 0.6) is 0 Å². The van der Waals surface area contributed by atoms with Crippen LogP contribution in [-0.4, -0.2) is 48.6 Å². The summed E-state index contributed by atoms with van der Waals surface area (Å²) in [5, 5.41) is 3.12. The molecule has 1 N–H and O–H groups in total. The van der Waals surface area contributed by atoms with Crippen molar-refractivity contribution in [3.63, 3.8) is 0 Å². The normalized spacial score (nSPS) is 22.9. The van der Waals surface area contributed by atoms with Gasteiger partial charge in [-0.1, -0.05) is 0 Å². The van der Waals surface area contributed by atoms with Gasteiger partial charge in [0.05, 0.1) is 19.1 Å². The lowest BCUT2D eigenvalue weighted by Crippen LogP contribution is -2.44. The van der Waals surface area contributed by atoms with Gasteiger partial charge in [0.25, 0.3) is 0 Å². The average molecular weight is 228 g/mol. The number of nitrogens with zero attached hydrogens (tertiary/aromatic N) is 1. The van der Waals surface area contributed by atoms with Crippen LogP contribution in [0.15, 0.2) is 0 Å². The predicted molar refractivity (Wildman–Crippen MR) is 59.9 cm³/mol. The topological polar surface area (TPSA) is 58.6 Å². The summed E-state index contributed by atoms with van der Waals surface area (Å²) in [6, 6.07) is -0.290. The van der Waals surface area contributed by atoms with Gasteiger partial charge in [0.1, 0.15) is 0 Å². The molecule has 92 valence electrons. The molecule has 1 saturated heterocycles. The standard InChI is InChI=1S/C11H20N2O3/c1-4-13-10(14)6-9(11(13)15)12-8(3)7-16-5-2/h8-9,12H,4-7H2,1-3H3. The summed E-state index contributed by atoms with van der Waals surface area (Å²) in [5.41, 5.74) is 0. The predicted octanol–water partition coefficient (Wildman–Crippen LogP) is 0.148. The minimum absolute atomic E-state index is 0.0820. The van der Waals surface area contributed by atoms with Crippen LogP contribution in [0.4, 0.5) is 0 Å². The van der Waals surface area contributed by atoms with E-state index in [-0.39, 0.29) is 30.3 Å². The number of amides is 2. The number of ether oxygens (including phenoxy) is 1. The summed E-state index contributed by atoms with van der Waals surface area (Å²) in [7, 11) is 0. The number of hydrogen-bond acceptors (Lipinski definition) is 4. The van der Waals surface area contributed by atoms with Crippen molar-refractivity contribution >= 4 is 11.8 Å². The fourth-order valence-electron chi connectivity index (χ4n) is 1.83. The van der Waals surface area contributed by atoms with Crippen molar-refractivity contribution in [2.45, 2.75) is 39.3 Å². The Balaban J connectivity index is 2.44. The van der Waals surface area contributed by atoms with E-state index in [1.165, 1.54) is 4.90 Å². The second-order valence-corrected chi connectivity index (χ2v) is 3.96. The van der Waals surface area contributed by atoms with Gasteiger partial charge >= 0.3 is 0 Å². The molecule has 0 spiro atoms. The lowest BCUT2D eigenvalue weighted by atomic mass is 10.2. The maximum atomic E-state index is 11.8. The molecule has 2 unspecified atom stereocenters. The minimum atomic E-state index is -0.372. The van der Waals surface area contributed by atoms with Gasteiger partial charge in [-0.15, -0.1) is 0 Å². The van der Waals surface area contributed by atoms with Gasteiger partial charge in [-0.3, -0.25) is 14.5 Å². The van der Waals surface area contributed by atoms with Crippen LogP contribution in [-0.2, 0) is 14.3 Å². The van der Waals surface area contributed by atoms with E-state index in [9.17, 15) is 9.59 Å². The summed E-state index contributed by atoms with van der Waals surface area (Å²) in [4.78, 5) is 24.5. The molecule has 5 nitrogen and oxygen atoms in total. The highest BCUT2D eigenvalue weighted by atomic mass is 16.5. The van der Waals surface area contributed by atoms with Crippen LogP contribution in [0, 0.1) is 0 Å². The van der Waals surface area contributed by atoms with Gasteiger partial charge in [0.15, 0.2) is 0 Å². The molecule has 1 heterocycles. The Morgan fingerprint density at radius 2 is 2.19 bits per heavy atom. The molecule has 1 aliphatic rings. The highest BCUT2D eigenvalue weighted by molar-refractivity contribution is 6.05. The van der Waals surface area contributed by atoms with Crippen molar-refractivity contribution in [3.8, 4) is 0 Å². The molecule has 0 bridgehead atoms. The SMILES string of the molecule is CCOCC(C)NC1CC(=O)N(CC)C1=O. The first-order valence-electron chi connectivity index (χ1n) is 5.78. The molecule has 0 aliphatic carbocycles. The molecule has 2 amide bonds. The lowest BCUT2D eigenvalue weighted by molar-refractivity contribution is -0.138. The van der Waals surface area contributed by atoms with Crippen molar-refractivity contribution in [3.05, 3.63) is 0 Å². The Morgan fingerprint density at radius 1 is 1.50 bits per heavy atom. The van der Waals surface area contributed by atoms with Crippen molar-refractivity contribution in [2.75, 3.05) is 19.8 Å². The Labute approximate surface area is 96.1 Å². The first kappa shape index (κ1) is 13.1. The van der Waals surface area contributed by atoms with Crippen LogP contribution in [0.3, 0.4) is 0 Å². The van der Waals surface area contributed by atoms with Gasteiger partial charge in [0, 0.05) is 19.2 Å². The molecule has 2 atom stereocenters. The minimum Gasteiger partial charge on any atom is -0.380 e. The molecule has 16 heavy (non-hydrogen) atoms. The third-order valence-electron chi connectivity index (χ3n) is 2.62. The number of carbonyl (C=O) groups is 2. The smallest absolute Gasteiger partial charge is 0.246 e. The Kier molecular flexibility index (Phi) is 4.89. The Hall–Kier alpha value is -0.940. The maximum absolute atomic E-state index is 11.8. The van der Waals surface area contributed by atoms with Gasteiger partial charge in [-0.25, -0.2) is 0 Å².